The van der Waals surface area contributed by atoms with Gasteiger partial charge < -0.3 is 4.90 Å². The molecule has 2 amide bonds. The average molecular weight is 492 g/mol. The Morgan fingerprint density at radius 1 is 1.18 bits per heavy atom. The van der Waals surface area contributed by atoms with Crippen LogP contribution >= 0.6 is 10.6 Å². The minimum Gasteiger partial charge on any atom is -0.316 e. The summed E-state index contributed by atoms with van der Waals surface area (Å²) in [5, 5.41) is 9.23. The fourth-order valence-electron chi connectivity index (χ4n) is 4.29. The van der Waals surface area contributed by atoms with Crippen LogP contribution in [0.3, 0.4) is 0 Å². The minimum absolute atomic E-state index is 0.0134. The number of nitrogens with zero attached hydrogens (tertiary/aromatic N) is 4. The predicted octanol–water partition coefficient (Wildman–Crippen LogP) is 4.94. The van der Waals surface area contributed by atoms with Crippen LogP contribution in [0.25, 0.3) is 0 Å². The maximum atomic E-state index is 13.4. The Hall–Kier alpha value is -3.40. The molecular formula is C22H19F3N4O4S. The van der Waals surface area contributed by atoms with Gasteiger partial charge in [0.1, 0.15) is 5.69 Å². The first-order valence-electron chi connectivity index (χ1n) is 9.98. The van der Waals surface area contributed by atoms with Gasteiger partial charge in [0.15, 0.2) is 5.78 Å². The number of rotatable bonds is 3. The maximum Gasteiger partial charge on any atom is 0.433 e. The van der Waals surface area contributed by atoms with Crippen LogP contribution in [-0.4, -0.2) is 44.1 Å². The molecule has 0 bridgehead atoms. The van der Waals surface area contributed by atoms with E-state index in [-0.39, 0.29) is 51.6 Å². The third-order valence-corrected chi connectivity index (χ3v) is 6.96. The second-order valence-corrected chi connectivity index (χ2v) is 10.1. The molecule has 8 nitrogen and oxygen atoms in total. The highest BCUT2D eigenvalue weighted by atomic mass is 32.3. The fourth-order valence-corrected chi connectivity index (χ4v) is 5.27. The van der Waals surface area contributed by atoms with E-state index in [0.29, 0.717) is 0 Å². The van der Waals surface area contributed by atoms with Crippen LogP contribution in [0.4, 0.5) is 23.7 Å². The lowest BCUT2D eigenvalue weighted by molar-refractivity contribution is -0.141. The van der Waals surface area contributed by atoms with Gasteiger partial charge in [-0.3, -0.25) is 23.8 Å². The first kappa shape index (κ1) is 23.7. The molecule has 2 heterocycles. The van der Waals surface area contributed by atoms with E-state index in [1.807, 2.05) is 6.07 Å². The Labute approximate surface area is 194 Å². The van der Waals surface area contributed by atoms with Crippen LogP contribution in [0.5, 0.6) is 0 Å². The fraction of sp³-hybridized carbons (Fsp3) is 0.273. The standard InChI is InChI=1S/C22H19F3N4O4S/c1-28-20(14-4-3-12(11-26)9-17(14)34(2,32)33)19-15(5-6-16(19)30)29(21(28)31)13-7-8-27-18(10-13)22(23,24)25/h3-4,7-10,20,32-33H,5-6H2,1-2H3. The van der Waals surface area contributed by atoms with Crippen molar-refractivity contribution in [3.8, 4) is 6.07 Å². The third kappa shape index (κ3) is 3.91. The molecule has 34 heavy (non-hydrogen) atoms. The van der Waals surface area contributed by atoms with Gasteiger partial charge in [-0.05, 0) is 30.7 Å². The normalized spacial score (nSPS) is 19.4. The summed E-state index contributed by atoms with van der Waals surface area (Å²) in [6.45, 7) is 0. The molecule has 0 saturated heterocycles. The van der Waals surface area contributed by atoms with Crippen molar-refractivity contribution < 1.29 is 31.9 Å². The van der Waals surface area contributed by atoms with E-state index in [4.69, 9.17) is 0 Å². The SMILES string of the molecule is CN1C(=O)N(c2ccnc(C(F)(F)F)c2)C2=C(C(=O)CC2)C1c1ccc(C#N)cc1S(C)(O)O. The lowest BCUT2D eigenvalue weighted by Crippen LogP contribution is -2.48. The number of carbonyl (C=O) groups excluding carboxylic acids is 2. The number of aromatic nitrogens is 1. The van der Waals surface area contributed by atoms with E-state index in [9.17, 15) is 37.1 Å². The molecule has 0 saturated carbocycles. The lowest BCUT2D eigenvalue weighted by Gasteiger charge is -2.42. The monoisotopic (exact) mass is 492 g/mol. The highest BCUT2D eigenvalue weighted by molar-refractivity contribution is 8.23. The number of ketones is 1. The molecule has 1 aromatic heterocycles. The quantitative estimate of drug-likeness (QED) is 0.627. The summed E-state index contributed by atoms with van der Waals surface area (Å²) in [4.78, 5) is 32.0. The molecular weight excluding hydrogens is 473 g/mol. The van der Waals surface area contributed by atoms with Gasteiger partial charge in [0, 0.05) is 42.8 Å². The largest absolute Gasteiger partial charge is 0.433 e. The van der Waals surface area contributed by atoms with Crippen molar-refractivity contribution in [3.63, 3.8) is 0 Å². The summed E-state index contributed by atoms with van der Waals surface area (Å²) in [5.74, 6) is -0.308. The van der Waals surface area contributed by atoms with Crippen molar-refractivity contribution in [2.75, 3.05) is 18.2 Å². The molecule has 0 spiro atoms. The molecule has 178 valence electrons. The van der Waals surface area contributed by atoms with Crippen LogP contribution in [0.15, 0.2) is 52.7 Å². The van der Waals surface area contributed by atoms with Crippen molar-refractivity contribution in [1.82, 2.24) is 9.88 Å². The summed E-state index contributed by atoms with van der Waals surface area (Å²) in [7, 11) is -1.98. The summed E-state index contributed by atoms with van der Waals surface area (Å²) in [5.41, 5.74) is -0.411. The third-order valence-electron chi connectivity index (χ3n) is 5.77. The molecule has 2 N–H and O–H groups in total. The molecule has 12 heteroatoms. The van der Waals surface area contributed by atoms with E-state index >= 15 is 0 Å². The number of amides is 2. The zero-order valence-corrected chi connectivity index (χ0v) is 18.8. The lowest BCUT2D eigenvalue weighted by atomic mass is 9.92. The van der Waals surface area contributed by atoms with Gasteiger partial charge in [-0.15, -0.1) is 0 Å². The number of benzene rings is 1. The number of Topliss-reactive ketones (excluding diaryl/α,β-unsaturated/α-hetero) is 1. The molecule has 0 radical (unpaired) electrons. The predicted molar refractivity (Wildman–Crippen MR) is 117 cm³/mol. The van der Waals surface area contributed by atoms with E-state index in [1.165, 1.54) is 42.5 Å². The Balaban J connectivity index is 1.93. The van der Waals surface area contributed by atoms with Gasteiger partial charge in [0.25, 0.3) is 0 Å². The molecule has 4 rings (SSSR count). The number of hydrogen-bond donors (Lipinski definition) is 2. The van der Waals surface area contributed by atoms with Crippen LogP contribution in [0, 0.1) is 11.3 Å². The zero-order chi connectivity index (χ0) is 25.0. The van der Waals surface area contributed by atoms with Crippen LogP contribution in [0.2, 0.25) is 0 Å². The summed E-state index contributed by atoms with van der Waals surface area (Å²) in [6, 6.07) is 6.41. The molecule has 2 aromatic rings. The molecule has 0 fully saturated rings. The smallest absolute Gasteiger partial charge is 0.316 e. The zero-order valence-electron chi connectivity index (χ0n) is 18.0. The molecule has 1 aromatic carbocycles. The average Bonchev–Trinajstić information content (AvgIpc) is 3.14. The van der Waals surface area contributed by atoms with Crippen molar-refractivity contribution in [2.45, 2.75) is 30.0 Å². The van der Waals surface area contributed by atoms with Crippen LogP contribution in [-0.2, 0) is 11.0 Å². The van der Waals surface area contributed by atoms with Crippen LogP contribution in [0.1, 0.15) is 35.7 Å². The number of pyridine rings is 1. The molecule has 1 atom stereocenters. The Morgan fingerprint density at radius 2 is 1.88 bits per heavy atom. The van der Waals surface area contributed by atoms with E-state index in [2.05, 4.69) is 4.98 Å². The van der Waals surface area contributed by atoms with Gasteiger partial charge in [0.2, 0.25) is 0 Å². The number of nitriles is 1. The Kier molecular flexibility index (Phi) is 5.67. The second kappa shape index (κ2) is 8.12. The van der Waals surface area contributed by atoms with Crippen molar-refractivity contribution >= 4 is 28.1 Å². The molecule has 1 aliphatic carbocycles. The first-order valence-corrected chi connectivity index (χ1v) is 11.9. The van der Waals surface area contributed by atoms with E-state index in [1.54, 1.807) is 0 Å². The van der Waals surface area contributed by atoms with Gasteiger partial charge in [0.05, 0.1) is 28.3 Å². The molecule has 2 aliphatic rings. The van der Waals surface area contributed by atoms with E-state index in [0.717, 1.165) is 17.2 Å². The van der Waals surface area contributed by atoms with Crippen molar-refractivity contribution in [1.29, 1.82) is 5.26 Å². The van der Waals surface area contributed by atoms with E-state index < -0.39 is 34.5 Å². The number of allylic oxidation sites excluding steroid dienone is 1. The minimum atomic E-state index is -4.72. The van der Waals surface area contributed by atoms with Crippen molar-refractivity contribution in [2.24, 2.45) is 0 Å². The molecule has 1 unspecified atom stereocenters. The highest BCUT2D eigenvalue weighted by Crippen LogP contribution is 2.52. The van der Waals surface area contributed by atoms with Gasteiger partial charge in [-0.25, -0.2) is 4.79 Å². The number of carbonyl (C=O) groups is 2. The Morgan fingerprint density at radius 3 is 2.50 bits per heavy atom. The van der Waals surface area contributed by atoms with Gasteiger partial charge >= 0.3 is 12.2 Å². The first-order chi connectivity index (χ1) is 15.8. The number of halogens is 3. The summed E-state index contributed by atoms with van der Waals surface area (Å²) < 4.78 is 60.5. The van der Waals surface area contributed by atoms with Crippen molar-refractivity contribution in [3.05, 3.63) is 64.6 Å². The number of hydrogen-bond acceptors (Lipinski definition) is 6. The topological polar surface area (TPSA) is 118 Å². The van der Waals surface area contributed by atoms with Gasteiger partial charge in [-0.1, -0.05) is 6.07 Å². The summed E-state index contributed by atoms with van der Waals surface area (Å²) >= 11 is 0. The summed E-state index contributed by atoms with van der Waals surface area (Å²) in [6.07, 6.45) is -2.43. The number of alkyl halides is 3. The number of urea groups is 1. The second-order valence-electron chi connectivity index (χ2n) is 8.01. The number of anilines is 1. The maximum absolute atomic E-state index is 13.4. The van der Waals surface area contributed by atoms with Gasteiger partial charge in [-0.2, -0.15) is 29.0 Å². The Bertz CT molecular complexity index is 1280. The number of likely N-dealkylation sites (N-methyl/N-ethyl adjacent to an activating group) is 1. The molecule has 1 aliphatic heterocycles. The van der Waals surface area contributed by atoms with Crippen LogP contribution < -0.4 is 4.90 Å². The highest BCUT2D eigenvalue weighted by Gasteiger charge is 2.46.